The van der Waals surface area contributed by atoms with E-state index < -0.39 is 83.6 Å². The van der Waals surface area contributed by atoms with Crippen molar-refractivity contribution in [3.8, 4) is 34.5 Å². The molecule has 0 heterocycles. The first kappa shape index (κ1) is 113. The summed E-state index contributed by atoms with van der Waals surface area (Å²) in [6.45, 7) is 79.8. The highest BCUT2D eigenvalue weighted by atomic mass is 28.3. The molecule has 8 rings (SSSR count). The van der Waals surface area contributed by atoms with Gasteiger partial charge in [-0.15, -0.1) is 0 Å². The predicted octanol–water partition coefficient (Wildman–Crippen LogP) is 20.3. The summed E-state index contributed by atoms with van der Waals surface area (Å²) >= 11 is 0. The van der Waals surface area contributed by atoms with Crippen LogP contribution in [0.4, 0.5) is 0 Å². The average Bonchev–Trinajstić information content (AvgIpc) is 0.744. The van der Waals surface area contributed by atoms with Crippen molar-refractivity contribution in [1.29, 1.82) is 0 Å². The second-order valence-corrected chi connectivity index (χ2v) is 80.1. The highest BCUT2D eigenvalue weighted by molar-refractivity contribution is 6.93. The fourth-order valence-corrected chi connectivity index (χ4v) is 32.6. The maximum absolute atomic E-state index is 11.7. The molecule has 8 aromatic carbocycles. The van der Waals surface area contributed by atoms with Crippen molar-refractivity contribution in [3.05, 3.63) is 269 Å². The molecule has 0 fully saturated rings. The number of benzene rings is 8. The zero-order chi connectivity index (χ0) is 96.0. The van der Waals surface area contributed by atoms with Crippen LogP contribution in [-0.4, -0.2) is 161 Å². The Kier molecular flexibility index (Phi) is 50.6. The third kappa shape index (κ3) is 43.2. The summed E-state index contributed by atoms with van der Waals surface area (Å²) in [5, 5.41) is 15.3. The number of esters is 3. The molecule has 12 nitrogen and oxygen atoms in total. The lowest BCUT2D eigenvalue weighted by Gasteiger charge is -2.26. The van der Waals surface area contributed by atoms with Crippen LogP contribution in [0, 0.1) is 0 Å². The van der Waals surface area contributed by atoms with Gasteiger partial charge < -0.3 is 42.6 Å². The van der Waals surface area contributed by atoms with Crippen LogP contribution in [0.5, 0.6) is 34.5 Å². The highest BCUT2D eigenvalue weighted by Crippen LogP contribution is 2.25. The summed E-state index contributed by atoms with van der Waals surface area (Å²) in [5.41, 5.74) is 1.32. The molecule has 0 aliphatic carbocycles. The number of carbonyl (C=O) groups excluding carboxylic acids is 3. The fraction of sp³-hybridized carbons (Fsp3) is 0.411. The largest absolute Gasteiger partial charge is 0.494 e. The lowest BCUT2D eigenvalue weighted by atomic mass is 10.3. The van der Waals surface area contributed by atoms with Crippen molar-refractivity contribution in [1.82, 2.24) is 0 Å². The van der Waals surface area contributed by atoms with Crippen LogP contribution in [0.15, 0.2) is 269 Å². The molecule has 0 N–H and O–H groups in total. The molecule has 0 aliphatic heterocycles. The Morgan fingerprint density at radius 1 is 0.248 bits per heavy atom. The molecule has 0 aliphatic rings. The van der Waals surface area contributed by atoms with E-state index >= 15 is 0 Å². The van der Waals surface area contributed by atoms with Gasteiger partial charge in [0.25, 0.3) is 0 Å². The van der Waals surface area contributed by atoms with E-state index in [2.05, 4.69) is 296 Å². The van der Waals surface area contributed by atoms with Crippen LogP contribution in [0.25, 0.3) is 0 Å². The van der Waals surface area contributed by atoms with Gasteiger partial charge in [-0.05, 0) is 132 Å². The molecule has 8 aromatic rings. The Bertz CT molecular complexity index is 4380. The maximum Gasteiger partial charge on any atom is 0.333 e. The van der Waals surface area contributed by atoms with Gasteiger partial charge in [0.05, 0.1) is 123 Å². The first-order valence-electron chi connectivity index (χ1n) is 46.8. The van der Waals surface area contributed by atoms with E-state index in [1.54, 1.807) is 64.0 Å². The van der Waals surface area contributed by atoms with Crippen LogP contribution in [0.1, 0.15) is 59.3 Å². The van der Waals surface area contributed by atoms with Crippen molar-refractivity contribution in [2.45, 2.75) is 227 Å². The average molecular weight is 1920 g/mol. The zero-order valence-corrected chi connectivity index (χ0v) is 94.1. The first-order valence-corrected chi connectivity index (χ1v) is 77.6. The summed E-state index contributed by atoms with van der Waals surface area (Å²) in [7, 11) is -11.8. The van der Waals surface area contributed by atoms with Crippen molar-refractivity contribution >= 4 is 153 Å². The van der Waals surface area contributed by atoms with Crippen LogP contribution in [0.2, 0.25) is 167 Å². The Morgan fingerprint density at radius 3 is 0.589 bits per heavy atom. The van der Waals surface area contributed by atoms with Gasteiger partial charge in [-0.2, -0.15) is 0 Å². The molecule has 0 bridgehead atoms. The van der Waals surface area contributed by atoms with E-state index in [0.29, 0.717) is 56.4 Å². The van der Waals surface area contributed by atoms with E-state index in [1.807, 2.05) is 72.8 Å². The molecule has 0 amide bonds. The Labute approximate surface area is 793 Å². The van der Waals surface area contributed by atoms with Crippen molar-refractivity contribution in [3.63, 3.8) is 0 Å². The highest BCUT2D eigenvalue weighted by Gasteiger charge is 2.30. The summed E-state index contributed by atoms with van der Waals surface area (Å²) in [5.74, 6) is 4.31. The molecule has 22 heteroatoms. The number of rotatable bonds is 49. The van der Waals surface area contributed by atoms with Crippen LogP contribution in [-0.2, 0) is 28.6 Å². The normalized spacial score (nSPS) is 11.5. The second-order valence-electron chi connectivity index (χ2n) is 39.1. The van der Waals surface area contributed by atoms with E-state index in [9.17, 15) is 14.4 Å². The minimum absolute atomic E-state index is 0.256. The molecule has 0 unspecified atom stereocenters. The Balaban J connectivity index is 0.000000403. The van der Waals surface area contributed by atoms with Gasteiger partial charge in [0.15, 0.2) is 0 Å². The van der Waals surface area contributed by atoms with Crippen molar-refractivity contribution in [2.24, 2.45) is 0 Å². The van der Waals surface area contributed by atoms with E-state index in [-0.39, 0.29) is 24.5 Å². The molecular weight excluding hydrogens is 1760 g/mol. The van der Waals surface area contributed by atoms with Crippen LogP contribution >= 0.6 is 0 Å². The number of hydrogen-bond donors (Lipinski definition) is 0. The third-order valence-corrected chi connectivity index (χ3v) is 51.6. The molecule has 0 spiro atoms. The standard InChI is InChI=1S/C46H70O6Si4.C32H50O2Si4.C12H14O2.C10H18Si2.C7H10O2/c1-37(2)45(47)51-31-15-35-55(9,10)43-25-21-41(22-26-43)53(5,6)33-13-29-49-39-17-19-40(20-18-39)50-30-14-34-54(7,8)42-23-27-44(28-24-42)56(11,12)36-16-32-52-46(48)38(3)4;1-35(2)29-15-19-31(20-16-29)37(5,6)25-9-23-33-27-11-13-28(14-12-27)34-24-10-26-38(7,8)32-21-17-30(18-22-32)36(3)4;1-3-9-13-11-5-7-12(8-6-11)14-10-4-2;1-11(2)9-5-7-10(8-6-9)12(3)4;1-4-5-9-7(8)6(2)3/h17-28H,1,3,13-16,29-36H2,2,4-12H3;11-22,35-36H,9-10,23-26H2,1-8H3;3-8H,1-2,9-10H2;5-8,11-12H,1-4H3;4H,1-2,5H2,3H3. The smallest absolute Gasteiger partial charge is 0.333 e. The predicted molar refractivity (Wildman–Crippen MR) is 586 cm³/mol. The first-order chi connectivity index (χ1) is 60.9. The number of carbonyl (C=O) groups is 3. The molecule has 0 saturated carbocycles. The topological polar surface area (TPSA) is 134 Å². The minimum Gasteiger partial charge on any atom is -0.494 e. The van der Waals surface area contributed by atoms with Gasteiger partial charge >= 0.3 is 17.9 Å². The summed E-state index contributed by atoms with van der Waals surface area (Å²) in [6.07, 6.45) is 11.0. The molecular formula is C107H162O12Si10. The summed E-state index contributed by atoms with van der Waals surface area (Å²) < 4.78 is 50.3. The molecule has 0 atom stereocenters. The third-order valence-electron chi connectivity index (χ3n) is 23.7. The van der Waals surface area contributed by atoms with Gasteiger partial charge in [-0.25, -0.2) is 14.4 Å². The molecule has 0 saturated heterocycles. The summed E-state index contributed by atoms with van der Waals surface area (Å²) in [4.78, 5) is 33.9. The molecule has 129 heavy (non-hydrogen) atoms. The number of ether oxygens (including phenoxy) is 9. The lowest BCUT2D eigenvalue weighted by Crippen LogP contribution is -2.45. The van der Waals surface area contributed by atoms with E-state index in [4.69, 9.17) is 37.9 Å². The van der Waals surface area contributed by atoms with Gasteiger partial charge in [-0.1, -0.05) is 398 Å². The van der Waals surface area contributed by atoms with Gasteiger partial charge in [0.1, 0.15) is 54.3 Å². The Morgan fingerprint density at radius 2 is 0.411 bits per heavy atom. The molecule has 0 radical (unpaired) electrons. The van der Waals surface area contributed by atoms with Crippen molar-refractivity contribution < 1.29 is 57.0 Å². The van der Waals surface area contributed by atoms with Crippen molar-refractivity contribution in [2.75, 3.05) is 59.5 Å². The molecule has 0 aromatic heterocycles. The SMILES string of the molecule is C=C(C)C(=O)OCCC[Si](C)(C)c1ccc([Si](C)(C)CCCOc2ccc(OCCC[Si](C)(C)c3ccc([Si](C)(C)CCCOC(=O)C(=C)C)cc3)cc2)cc1.C=CCOC(=O)C(=C)C.C=CCOc1ccc(OCC=C)cc1.C[SiH](C)c1ccc([SiH](C)C)cc1.C[SiH](C)c1ccc([Si](C)(C)CCCOc2ccc(OCCC[Si](C)(C)c3ccc([SiH](C)C)cc3)cc2)cc1. The second kappa shape index (κ2) is 57.8. The minimum atomic E-state index is -1.61. The van der Waals surface area contributed by atoms with Crippen LogP contribution in [0.3, 0.4) is 0 Å². The zero-order valence-electron chi connectivity index (χ0n) is 83.5. The van der Waals surface area contributed by atoms with E-state index in [1.165, 1.54) is 51.0 Å². The monoisotopic (exact) mass is 1920 g/mol. The maximum atomic E-state index is 11.7. The van der Waals surface area contributed by atoms with Gasteiger partial charge in [0.2, 0.25) is 0 Å². The number of hydrogen-bond acceptors (Lipinski definition) is 12. The fourth-order valence-electron chi connectivity index (χ4n) is 14.4. The van der Waals surface area contributed by atoms with Gasteiger partial charge in [-0.3, -0.25) is 0 Å². The summed E-state index contributed by atoms with van der Waals surface area (Å²) in [6, 6.07) is 77.9. The van der Waals surface area contributed by atoms with E-state index in [0.717, 1.165) is 98.3 Å². The molecule has 702 valence electrons. The van der Waals surface area contributed by atoms with Gasteiger partial charge in [0, 0.05) is 16.7 Å². The quantitative estimate of drug-likeness (QED) is 0.00897. The Hall–Kier alpha value is -8.42. The lowest BCUT2D eigenvalue weighted by molar-refractivity contribution is -0.139. The van der Waals surface area contributed by atoms with Crippen LogP contribution < -0.4 is 80.3 Å².